The van der Waals surface area contributed by atoms with Crippen LogP contribution in [0.25, 0.3) is 0 Å². The van der Waals surface area contributed by atoms with E-state index in [1.54, 1.807) is 0 Å². The van der Waals surface area contributed by atoms with E-state index in [9.17, 15) is 45.6 Å². The van der Waals surface area contributed by atoms with Gasteiger partial charge in [0.05, 0.1) is 12.7 Å². The Morgan fingerprint density at radius 3 is 2.14 bits per heavy atom. The van der Waals surface area contributed by atoms with E-state index in [0.29, 0.717) is 5.56 Å². The lowest BCUT2D eigenvalue weighted by atomic mass is 9.96. The first kappa shape index (κ1) is 27.6. The Kier molecular flexibility index (Phi) is 9.08. The van der Waals surface area contributed by atoms with Gasteiger partial charge in [0.2, 0.25) is 0 Å². The average Bonchev–Trinajstić information content (AvgIpc) is 2.86. The van der Waals surface area contributed by atoms with Crippen LogP contribution in [-0.2, 0) is 14.2 Å². The summed E-state index contributed by atoms with van der Waals surface area (Å²) in [4.78, 5) is 12.8. The number of Topliss-reactive ketones (excluding diaryl/α,β-unsaturated/α-hetero) is 1. The number of ketones is 1. The highest BCUT2D eigenvalue weighted by Gasteiger charge is 2.45. The van der Waals surface area contributed by atoms with Crippen molar-refractivity contribution >= 4 is 5.78 Å². The summed E-state index contributed by atoms with van der Waals surface area (Å²) in [7, 11) is 1.33. The minimum atomic E-state index is -1.71. The first-order valence-corrected chi connectivity index (χ1v) is 11.1. The second kappa shape index (κ2) is 11.8. The number of methoxy groups -OCH3 is 1. The summed E-state index contributed by atoms with van der Waals surface area (Å²) in [5.74, 6) is -2.08. The molecule has 0 amide bonds. The molecule has 0 bridgehead atoms. The molecule has 0 aliphatic carbocycles. The van der Waals surface area contributed by atoms with Crippen LogP contribution in [0.5, 0.6) is 23.0 Å². The molecule has 12 heteroatoms. The second-order valence-electron chi connectivity index (χ2n) is 8.44. The number of hydrogen-bond donors (Lipinski definition) is 8. The highest BCUT2D eigenvalue weighted by molar-refractivity contribution is 5.96. The van der Waals surface area contributed by atoms with E-state index in [0.717, 1.165) is 6.07 Å². The second-order valence-corrected chi connectivity index (χ2v) is 8.44. The largest absolute Gasteiger partial charge is 0.504 e. The van der Waals surface area contributed by atoms with E-state index in [1.165, 1.54) is 37.4 Å². The Bertz CT molecular complexity index is 1040. The van der Waals surface area contributed by atoms with E-state index in [2.05, 4.69) is 0 Å². The molecule has 1 heterocycles. The molecule has 0 saturated carbocycles. The maximum absolute atomic E-state index is 12.8. The molecule has 12 nitrogen and oxygen atoms in total. The molecule has 1 fully saturated rings. The fourth-order valence-electron chi connectivity index (χ4n) is 3.98. The molecule has 36 heavy (non-hydrogen) atoms. The highest BCUT2D eigenvalue weighted by Crippen LogP contribution is 2.35. The van der Waals surface area contributed by atoms with Crippen LogP contribution in [0.15, 0.2) is 36.4 Å². The van der Waals surface area contributed by atoms with Crippen LogP contribution in [0, 0.1) is 0 Å². The standard InChI is InChI=1S/C24H30O12/c1-34-23(12-3-5-15(28)17(30)9-12)18(7-6-13(26)11-2-4-14(27)16(29)8-11)35-24-22(33)21(32)20(31)19(10-25)36-24/h2-5,8-9,18-25,27-33H,6-7,10H2,1H3/t18-,19-,20-,21+,22-,23-,24-/m1/s1. The third-order valence-electron chi connectivity index (χ3n) is 6.03. The molecule has 1 aliphatic heterocycles. The number of rotatable bonds is 10. The average molecular weight is 510 g/mol. The molecule has 0 aromatic heterocycles. The number of aliphatic hydroxyl groups is 4. The molecule has 7 atom stereocenters. The van der Waals surface area contributed by atoms with Crippen molar-refractivity contribution in [1.82, 2.24) is 0 Å². The van der Waals surface area contributed by atoms with Crippen molar-refractivity contribution in [2.75, 3.05) is 13.7 Å². The maximum atomic E-state index is 12.8. The number of carbonyl (C=O) groups is 1. The number of aliphatic hydroxyl groups excluding tert-OH is 4. The zero-order valence-electron chi connectivity index (χ0n) is 19.3. The number of carbonyl (C=O) groups excluding carboxylic acids is 1. The van der Waals surface area contributed by atoms with Gasteiger partial charge in [0.15, 0.2) is 35.1 Å². The van der Waals surface area contributed by atoms with Gasteiger partial charge in [0.1, 0.15) is 30.5 Å². The van der Waals surface area contributed by atoms with Gasteiger partial charge in [0, 0.05) is 19.1 Å². The number of ether oxygens (including phenoxy) is 3. The van der Waals surface area contributed by atoms with Gasteiger partial charge >= 0.3 is 0 Å². The SMILES string of the molecule is CO[C@H](c1ccc(O)c(O)c1)[C@@H](CCC(=O)c1ccc(O)c(O)c1)O[C@@H]1O[C@H](CO)[C@@H](O)[C@H](O)[C@H]1O. The molecule has 198 valence electrons. The normalized spacial score (nSPS) is 25.9. The lowest BCUT2D eigenvalue weighted by Gasteiger charge is -2.41. The molecule has 2 aromatic rings. The van der Waals surface area contributed by atoms with E-state index in [1.807, 2.05) is 0 Å². The Morgan fingerprint density at radius 1 is 0.917 bits per heavy atom. The molecule has 0 unspecified atom stereocenters. The molecule has 8 N–H and O–H groups in total. The first-order chi connectivity index (χ1) is 17.1. The zero-order valence-corrected chi connectivity index (χ0v) is 19.3. The molecule has 0 spiro atoms. The maximum Gasteiger partial charge on any atom is 0.187 e. The minimum Gasteiger partial charge on any atom is -0.504 e. The van der Waals surface area contributed by atoms with Crippen LogP contribution >= 0.6 is 0 Å². The van der Waals surface area contributed by atoms with Crippen molar-refractivity contribution in [3.8, 4) is 23.0 Å². The van der Waals surface area contributed by atoms with E-state index in [-0.39, 0.29) is 29.9 Å². The summed E-state index contributed by atoms with van der Waals surface area (Å²) in [6, 6.07) is 7.51. The number of aromatic hydroxyl groups is 4. The van der Waals surface area contributed by atoms with Gasteiger partial charge in [-0.05, 0) is 42.3 Å². The van der Waals surface area contributed by atoms with Gasteiger partial charge in [-0.3, -0.25) is 4.79 Å². The number of hydrogen-bond acceptors (Lipinski definition) is 12. The minimum absolute atomic E-state index is 0.0460. The van der Waals surface area contributed by atoms with Gasteiger partial charge in [0.25, 0.3) is 0 Å². The van der Waals surface area contributed by atoms with Crippen LogP contribution in [-0.4, -0.2) is 97.2 Å². The van der Waals surface area contributed by atoms with Crippen molar-refractivity contribution in [3.05, 3.63) is 47.5 Å². The van der Waals surface area contributed by atoms with Gasteiger partial charge < -0.3 is 55.1 Å². The van der Waals surface area contributed by atoms with Crippen LogP contribution in [0.3, 0.4) is 0 Å². The third-order valence-corrected chi connectivity index (χ3v) is 6.03. The molecule has 0 radical (unpaired) electrons. The Balaban J connectivity index is 1.87. The van der Waals surface area contributed by atoms with Crippen molar-refractivity contribution in [2.24, 2.45) is 0 Å². The van der Waals surface area contributed by atoms with Gasteiger partial charge in [-0.1, -0.05) is 6.07 Å². The predicted octanol–water partition coefficient (Wildman–Crippen LogP) is 0.0447. The van der Waals surface area contributed by atoms with Gasteiger partial charge in [-0.15, -0.1) is 0 Å². The molecule has 1 saturated heterocycles. The summed E-state index contributed by atoms with van der Waals surface area (Å²) in [5, 5.41) is 78.8. The highest BCUT2D eigenvalue weighted by atomic mass is 16.7. The number of phenolic OH excluding ortho intramolecular Hbond substituents is 4. The smallest absolute Gasteiger partial charge is 0.187 e. The third kappa shape index (κ3) is 6.05. The quantitative estimate of drug-likeness (QED) is 0.158. The topological polar surface area (TPSA) is 207 Å². The lowest BCUT2D eigenvalue weighted by molar-refractivity contribution is -0.318. The number of phenols is 4. The van der Waals surface area contributed by atoms with Crippen molar-refractivity contribution < 1.29 is 59.9 Å². The molecule has 2 aromatic carbocycles. The van der Waals surface area contributed by atoms with Crippen LogP contribution in [0.1, 0.15) is 34.9 Å². The van der Waals surface area contributed by atoms with Crippen molar-refractivity contribution in [1.29, 1.82) is 0 Å². The van der Waals surface area contributed by atoms with Gasteiger partial charge in [-0.25, -0.2) is 0 Å². The summed E-state index contributed by atoms with van der Waals surface area (Å²) in [6.45, 7) is -0.669. The van der Waals surface area contributed by atoms with Crippen LogP contribution in [0.4, 0.5) is 0 Å². The predicted molar refractivity (Wildman–Crippen MR) is 121 cm³/mol. The summed E-state index contributed by atoms with van der Waals surface area (Å²) < 4.78 is 16.9. The summed E-state index contributed by atoms with van der Waals surface area (Å²) in [6.07, 6.45) is -9.97. The van der Waals surface area contributed by atoms with Crippen molar-refractivity contribution in [2.45, 2.75) is 55.8 Å². The molecular formula is C24H30O12. The van der Waals surface area contributed by atoms with E-state index in [4.69, 9.17) is 14.2 Å². The van der Waals surface area contributed by atoms with Crippen LogP contribution in [0.2, 0.25) is 0 Å². The molecule has 1 aliphatic rings. The van der Waals surface area contributed by atoms with Crippen molar-refractivity contribution in [3.63, 3.8) is 0 Å². The van der Waals surface area contributed by atoms with Crippen LogP contribution < -0.4 is 0 Å². The lowest BCUT2D eigenvalue weighted by Crippen LogP contribution is -2.59. The van der Waals surface area contributed by atoms with E-state index >= 15 is 0 Å². The summed E-state index contributed by atoms with van der Waals surface area (Å²) >= 11 is 0. The number of benzene rings is 2. The fourth-order valence-corrected chi connectivity index (χ4v) is 3.98. The molecule has 3 rings (SSSR count). The summed E-state index contributed by atoms with van der Waals surface area (Å²) in [5.41, 5.74) is 0.463. The first-order valence-electron chi connectivity index (χ1n) is 11.1. The fraction of sp³-hybridized carbons (Fsp3) is 0.458. The monoisotopic (exact) mass is 510 g/mol. The Hall–Kier alpha value is -2.97. The zero-order chi connectivity index (χ0) is 26.6. The van der Waals surface area contributed by atoms with E-state index < -0.39 is 66.8 Å². The Labute approximate surface area is 206 Å². The molecular weight excluding hydrogens is 480 g/mol. The van der Waals surface area contributed by atoms with Gasteiger partial charge in [-0.2, -0.15) is 0 Å². The Morgan fingerprint density at radius 2 is 1.56 bits per heavy atom.